The molecule has 0 atom stereocenters. The maximum Gasteiger partial charge on any atom is 0.282 e. The summed E-state index contributed by atoms with van der Waals surface area (Å²) in [5.41, 5.74) is 5.10. The molecule has 39 heavy (non-hydrogen) atoms. The standard InChI is InChI=1S/C33H29N3O3/c1-4-10-27-19-25(20-30(38-3)31(27)39-22-24-17-15-23(2)16-18-24)21-34-36-32(26-11-6-5-7-12-26)35-29-14-9-8-13-28(29)33(36)37/h4-9,11-21H,1,10,22H2,2-3H3. The Morgan fingerprint density at radius 1 is 0.974 bits per heavy atom. The molecule has 5 rings (SSSR count). The maximum atomic E-state index is 13.5. The first-order valence-corrected chi connectivity index (χ1v) is 12.7. The van der Waals surface area contributed by atoms with Gasteiger partial charge in [-0.25, -0.2) is 4.98 Å². The fraction of sp³-hybridized carbons (Fsp3) is 0.121. The molecule has 4 aromatic carbocycles. The zero-order valence-corrected chi connectivity index (χ0v) is 22.0. The van der Waals surface area contributed by atoms with Crippen molar-refractivity contribution in [1.29, 1.82) is 0 Å². The van der Waals surface area contributed by atoms with Gasteiger partial charge >= 0.3 is 0 Å². The zero-order valence-electron chi connectivity index (χ0n) is 22.0. The Kier molecular flexibility index (Phi) is 7.64. The first kappa shape index (κ1) is 25.7. The van der Waals surface area contributed by atoms with E-state index in [2.05, 4.69) is 42.9 Å². The minimum absolute atomic E-state index is 0.243. The van der Waals surface area contributed by atoms with E-state index in [1.165, 1.54) is 10.2 Å². The van der Waals surface area contributed by atoms with Gasteiger partial charge < -0.3 is 9.47 Å². The van der Waals surface area contributed by atoms with E-state index in [0.717, 1.165) is 22.3 Å². The highest BCUT2D eigenvalue weighted by Crippen LogP contribution is 2.34. The summed E-state index contributed by atoms with van der Waals surface area (Å²) < 4.78 is 13.3. The van der Waals surface area contributed by atoms with Crippen molar-refractivity contribution in [3.8, 4) is 22.9 Å². The Bertz CT molecular complexity index is 1710. The van der Waals surface area contributed by atoms with Gasteiger partial charge in [0.1, 0.15) is 6.61 Å². The molecule has 6 heteroatoms. The Balaban J connectivity index is 1.55. The molecule has 0 N–H and O–H groups in total. The van der Waals surface area contributed by atoms with Crippen molar-refractivity contribution >= 4 is 17.1 Å². The van der Waals surface area contributed by atoms with Crippen LogP contribution in [0.1, 0.15) is 22.3 Å². The number of ether oxygens (including phenoxy) is 2. The van der Waals surface area contributed by atoms with Gasteiger partial charge in [0, 0.05) is 11.1 Å². The minimum atomic E-state index is -0.243. The summed E-state index contributed by atoms with van der Waals surface area (Å²) in [7, 11) is 1.61. The smallest absolute Gasteiger partial charge is 0.282 e. The third-order valence-corrected chi connectivity index (χ3v) is 6.35. The van der Waals surface area contributed by atoms with Gasteiger partial charge in [0.2, 0.25) is 0 Å². The molecule has 0 saturated carbocycles. The fourth-order valence-corrected chi connectivity index (χ4v) is 4.35. The number of aryl methyl sites for hydroxylation is 1. The second-order valence-electron chi connectivity index (χ2n) is 9.16. The van der Waals surface area contributed by atoms with Crippen LogP contribution in [0, 0.1) is 6.92 Å². The van der Waals surface area contributed by atoms with E-state index in [4.69, 9.17) is 14.5 Å². The fourth-order valence-electron chi connectivity index (χ4n) is 4.35. The van der Waals surface area contributed by atoms with Crippen LogP contribution in [0.15, 0.2) is 114 Å². The van der Waals surface area contributed by atoms with Gasteiger partial charge in [-0.3, -0.25) is 4.79 Å². The van der Waals surface area contributed by atoms with Gasteiger partial charge in [-0.2, -0.15) is 9.78 Å². The van der Waals surface area contributed by atoms with Crippen LogP contribution >= 0.6 is 0 Å². The van der Waals surface area contributed by atoms with Crippen molar-refractivity contribution in [1.82, 2.24) is 9.66 Å². The van der Waals surface area contributed by atoms with Crippen LogP contribution in [0.25, 0.3) is 22.3 Å². The van der Waals surface area contributed by atoms with E-state index in [9.17, 15) is 4.79 Å². The van der Waals surface area contributed by atoms with Crippen molar-refractivity contribution in [2.75, 3.05) is 7.11 Å². The Labute approximate surface area is 227 Å². The molecular formula is C33H29N3O3. The highest BCUT2D eigenvalue weighted by molar-refractivity contribution is 5.83. The molecule has 0 aliphatic carbocycles. The number of methoxy groups -OCH3 is 1. The second kappa shape index (κ2) is 11.6. The molecule has 0 spiro atoms. The van der Waals surface area contributed by atoms with Gasteiger partial charge in [0.05, 0.1) is 24.2 Å². The van der Waals surface area contributed by atoms with Crippen LogP contribution in [-0.4, -0.2) is 23.0 Å². The Morgan fingerprint density at radius 3 is 2.46 bits per heavy atom. The lowest BCUT2D eigenvalue weighted by Crippen LogP contribution is -2.20. The minimum Gasteiger partial charge on any atom is -0.493 e. The molecule has 6 nitrogen and oxygen atoms in total. The molecule has 0 fully saturated rings. The van der Waals surface area contributed by atoms with Crippen LogP contribution < -0.4 is 15.0 Å². The van der Waals surface area contributed by atoms with Crippen LogP contribution in [-0.2, 0) is 13.0 Å². The summed E-state index contributed by atoms with van der Waals surface area (Å²) in [5, 5.41) is 5.10. The van der Waals surface area contributed by atoms with Gasteiger partial charge in [-0.05, 0) is 48.7 Å². The van der Waals surface area contributed by atoms with Crippen molar-refractivity contribution in [2.24, 2.45) is 5.10 Å². The number of rotatable bonds is 9. The van der Waals surface area contributed by atoms with E-state index in [1.54, 1.807) is 19.4 Å². The van der Waals surface area contributed by atoms with Gasteiger partial charge in [0.25, 0.3) is 5.56 Å². The molecule has 0 saturated heterocycles. The second-order valence-corrected chi connectivity index (χ2v) is 9.16. The summed E-state index contributed by atoms with van der Waals surface area (Å²) in [6, 6.07) is 28.9. The Hall–Kier alpha value is -4.97. The number of para-hydroxylation sites is 1. The number of allylic oxidation sites excluding steroid dienone is 1. The van der Waals surface area contributed by atoms with Crippen molar-refractivity contribution in [3.63, 3.8) is 0 Å². The molecule has 0 unspecified atom stereocenters. The number of nitrogens with zero attached hydrogens (tertiary/aromatic N) is 3. The van der Waals surface area contributed by atoms with Gasteiger partial charge in [-0.1, -0.05) is 78.4 Å². The van der Waals surface area contributed by atoms with Crippen LogP contribution in [0.4, 0.5) is 0 Å². The predicted molar refractivity (Wildman–Crippen MR) is 157 cm³/mol. The van der Waals surface area contributed by atoms with Crippen molar-refractivity contribution < 1.29 is 9.47 Å². The van der Waals surface area contributed by atoms with Crippen LogP contribution in [0.5, 0.6) is 11.5 Å². The largest absolute Gasteiger partial charge is 0.493 e. The molecule has 194 valence electrons. The summed E-state index contributed by atoms with van der Waals surface area (Å²) in [6.07, 6.45) is 4.04. The first-order valence-electron chi connectivity index (χ1n) is 12.7. The van der Waals surface area contributed by atoms with E-state index >= 15 is 0 Å². The molecule has 1 heterocycles. The van der Waals surface area contributed by atoms with Gasteiger partial charge in [0.15, 0.2) is 17.3 Å². The molecule has 1 aromatic heterocycles. The van der Waals surface area contributed by atoms with Crippen molar-refractivity contribution in [2.45, 2.75) is 20.0 Å². The maximum absolute atomic E-state index is 13.5. The topological polar surface area (TPSA) is 65.7 Å². The highest BCUT2D eigenvalue weighted by atomic mass is 16.5. The summed E-state index contributed by atoms with van der Waals surface area (Å²) in [4.78, 5) is 18.2. The monoisotopic (exact) mass is 515 g/mol. The predicted octanol–water partition coefficient (Wildman–Crippen LogP) is 6.57. The molecule has 0 aliphatic rings. The van der Waals surface area contributed by atoms with E-state index in [-0.39, 0.29) is 5.56 Å². The highest BCUT2D eigenvalue weighted by Gasteiger charge is 2.15. The summed E-state index contributed by atoms with van der Waals surface area (Å²) in [6.45, 7) is 6.37. The average Bonchev–Trinajstić information content (AvgIpc) is 2.97. The number of hydrogen-bond acceptors (Lipinski definition) is 5. The van der Waals surface area contributed by atoms with Crippen LogP contribution in [0.2, 0.25) is 0 Å². The molecule has 0 bridgehead atoms. The normalized spacial score (nSPS) is 11.1. The molecule has 5 aromatic rings. The van der Waals surface area contributed by atoms with Crippen LogP contribution in [0.3, 0.4) is 0 Å². The third kappa shape index (κ3) is 5.65. The zero-order chi connectivity index (χ0) is 27.2. The number of benzene rings is 4. The first-order chi connectivity index (χ1) is 19.1. The van der Waals surface area contributed by atoms with E-state index in [1.807, 2.05) is 66.7 Å². The quantitative estimate of drug-likeness (QED) is 0.165. The average molecular weight is 516 g/mol. The lowest BCUT2D eigenvalue weighted by atomic mass is 10.1. The molecule has 0 amide bonds. The van der Waals surface area contributed by atoms with Crippen molar-refractivity contribution in [3.05, 3.63) is 136 Å². The molecular weight excluding hydrogens is 486 g/mol. The SMILES string of the molecule is C=CCc1cc(C=Nn2c(-c3ccccc3)nc3ccccc3c2=O)cc(OC)c1OCc1ccc(C)cc1. The summed E-state index contributed by atoms with van der Waals surface area (Å²) in [5.74, 6) is 1.70. The Morgan fingerprint density at radius 2 is 1.72 bits per heavy atom. The number of hydrogen-bond donors (Lipinski definition) is 0. The lowest BCUT2D eigenvalue weighted by Gasteiger charge is -2.16. The van der Waals surface area contributed by atoms with E-state index in [0.29, 0.717) is 41.3 Å². The lowest BCUT2D eigenvalue weighted by molar-refractivity contribution is 0.282. The molecule has 0 radical (unpaired) electrons. The summed E-state index contributed by atoms with van der Waals surface area (Å²) >= 11 is 0. The third-order valence-electron chi connectivity index (χ3n) is 6.35. The number of fused-ring (bicyclic) bond motifs is 1. The number of aromatic nitrogens is 2. The molecule has 0 aliphatic heterocycles. The van der Waals surface area contributed by atoms with Gasteiger partial charge in [-0.15, -0.1) is 6.58 Å². The van der Waals surface area contributed by atoms with E-state index < -0.39 is 0 Å².